The highest BCUT2D eigenvalue weighted by molar-refractivity contribution is 7.26. The molecule has 0 unspecified atom stereocenters. The summed E-state index contributed by atoms with van der Waals surface area (Å²) in [5, 5.41) is 4.69. The normalized spacial score (nSPS) is 11.6. The molecule has 0 aliphatic rings. The zero-order chi connectivity index (χ0) is 37.0. The van der Waals surface area contributed by atoms with Gasteiger partial charge in [-0.05, 0) is 58.1 Å². The second-order valence-electron chi connectivity index (χ2n) is 14.0. The molecule has 262 valence electrons. The van der Waals surface area contributed by atoms with Crippen molar-refractivity contribution in [2.75, 3.05) is 0 Å². The lowest BCUT2D eigenvalue weighted by atomic mass is 9.92. The van der Waals surface area contributed by atoms with Crippen LogP contribution in [0.2, 0.25) is 0 Å². The van der Waals surface area contributed by atoms with Crippen molar-refractivity contribution in [2.45, 2.75) is 0 Å². The smallest absolute Gasteiger partial charge is 0.164 e. The maximum absolute atomic E-state index is 6.67. The van der Waals surface area contributed by atoms with Crippen molar-refractivity contribution in [1.82, 2.24) is 15.0 Å². The van der Waals surface area contributed by atoms with Crippen molar-refractivity contribution in [2.24, 2.45) is 0 Å². The average molecular weight is 734 g/mol. The Morgan fingerprint density at radius 1 is 0.339 bits per heavy atom. The van der Waals surface area contributed by atoms with E-state index in [-0.39, 0.29) is 0 Å². The Balaban J connectivity index is 1.02. The first-order valence-corrected chi connectivity index (χ1v) is 19.5. The van der Waals surface area contributed by atoms with Crippen LogP contribution in [0.25, 0.3) is 110 Å². The molecule has 3 aromatic heterocycles. The quantitative estimate of drug-likeness (QED) is 0.171. The fraction of sp³-hybridized carbons (Fsp3) is 0. The van der Waals surface area contributed by atoms with E-state index in [4.69, 9.17) is 19.4 Å². The first kappa shape index (κ1) is 32.2. The molecule has 56 heavy (non-hydrogen) atoms. The van der Waals surface area contributed by atoms with E-state index in [0.717, 1.165) is 49.8 Å². The summed E-state index contributed by atoms with van der Waals surface area (Å²) in [5.41, 5.74) is 11.4. The number of nitrogens with zero attached hydrogens (tertiary/aromatic N) is 3. The van der Waals surface area contributed by atoms with Crippen LogP contribution < -0.4 is 0 Å². The van der Waals surface area contributed by atoms with Crippen molar-refractivity contribution < 1.29 is 4.42 Å². The number of benzene rings is 8. The first-order chi connectivity index (χ1) is 27.7. The van der Waals surface area contributed by atoms with Crippen LogP contribution in [-0.4, -0.2) is 15.0 Å². The summed E-state index contributed by atoms with van der Waals surface area (Å²) in [6, 6.07) is 65.7. The van der Waals surface area contributed by atoms with Crippen LogP contribution in [0.1, 0.15) is 0 Å². The van der Waals surface area contributed by atoms with Crippen LogP contribution in [0.5, 0.6) is 0 Å². The monoisotopic (exact) mass is 733 g/mol. The third-order valence-electron chi connectivity index (χ3n) is 10.6. The van der Waals surface area contributed by atoms with Gasteiger partial charge >= 0.3 is 0 Å². The topological polar surface area (TPSA) is 51.8 Å². The molecular weight excluding hydrogens is 703 g/mol. The van der Waals surface area contributed by atoms with E-state index in [9.17, 15) is 0 Å². The zero-order valence-electron chi connectivity index (χ0n) is 30.1. The SMILES string of the molecule is c1ccc(-c2ccc(-c3nc(-c4ccccc4)nc(-c4ccc5c(c4)oc4cc(-c6ccc7c(sc8ccccc87)c6-c6ccccc6)ccc45)n3)cc2)cc1. The van der Waals surface area contributed by atoms with Crippen molar-refractivity contribution in [3.63, 3.8) is 0 Å². The molecule has 0 amide bonds. The molecule has 11 aromatic rings. The van der Waals surface area contributed by atoms with Crippen LogP contribution >= 0.6 is 11.3 Å². The molecule has 8 aromatic carbocycles. The summed E-state index contributed by atoms with van der Waals surface area (Å²) in [4.78, 5) is 15.0. The number of hydrogen-bond acceptors (Lipinski definition) is 5. The molecule has 0 saturated carbocycles. The molecule has 11 rings (SSSR count). The van der Waals surface area contributed by atoms with Gasteiger partial charge in [0.15, 0.2) is 17.5 Å². The van der Waals surface area contributed by atoms with E-state index in [1.165, 1.54) is 42.4 Å². The van der Waals surface area contributed by atoms with Gasteiger partial charge in [0.2, 0.25) is 0 Å². The van der Waals surface area contributed by atoms with Crippen LogP contribution in [0.15, 0.2) is 192 Å². The van der Waals surface area contributed by atoms with E-state index in [0.29, 0.717) is 17.5 Å². The Morgan fingerprint density at radius 3 is 1.48 bits per heavy atom. The number of hydrogen-bond donors (Lipinski definition) is 0. The van der Waals surface area contributed by atoms with Gasteiger partial charge in [0.25, 0.3) is 0 Å². The summed E-state index contributed by atoms with van der Waals surface area (Å²) in [6.45, 7) is 0. The van der Waals surface area contributed by atoms with Crippen LogP contribution in [-0.2, 0) is 0 Å². The maximum atomic E-state index is 6.67. The average Bonchev–Trinajstić information content (AvgIpc) is 3.84. The van der Waals surface area contributed by atoms with Crippen molar-refractivity contribution in [3.8, 4) is 67.5 Å². The summed E-state index contributed by atoms with van der Waals surface area (Å²) < 4.78 is 9.26. The predicted octanol–water partition coefficient (Wildman–Crippen LogP) is 14.1. The summed E-state index contributed by atoms with van der Waals surface area (Å²) in [6.07, 6.45) is 0. The summed E-state index contributed by atoms with van der Waals surface area (Å²) in [5.74, 6) is 1.83. The van der Waals surface area contributed by atoms with Crippen molar-refractivity contribution in [3.05, 3.63) is 188 Å². The Kier molecular flexibility index (Phi) is 7.64. The standard InChI is InChI=1S/C51H31N3OS/c1-4-12-32(13-5-1)33-20-22-36(23-21-33)50-52-49(35-16-8-3-9-17-35)53-51(54-50)38-25-27-41-40-26-24-37(30-44(40)55-45(41)31-38)39-28-29-43-42-18-10-11-19-46(42)56-48(43)47(39)34-14-6-2-7-15-34/h1-31H. The van der Waals surface area contributed by atoms with Crippen LogP contribution in [0, 0.1) is 0 Å². The lowest BCUT2D eigenvalue weighted by Crippen LogP contribution is -2.00. The number of fused-ring (bicyclic) bond motifs is 6. The van der Waals surface area contributed by atoms with Gasteiger partial charge in [0, 0.05) is 53.2 Å². The van der Waals surface area contributed by atoms with Gasteiger partial charge in [0.05, 0.1) is 0 Å². The van der Waals surface area contributed by atoms with Crippen LogP contribution in [0.3, 0.4) is 0 Å². The maximum Gasteiger partial charge on any atom is 0.164 e. The Hall–Kier alpha value is -7.21. The van der Waals surface area contributed by atoms with E-state index in [1.807, 2.05) is 47.7 Å². The Labute approximate surface area is 327 Å². The highest BCUT2D eigenvalue weighted by Gasteiger charge is 2.19. The van der Waals surface area contributed by atoms with Gasteiger partial charge in [-0.15, -0.1) is 11.3 Å². The molecule has 0 atom stereocenters. The fourth-order valence-electron chi connectivity index (χ4n) is 7.80. The molecule has 4 nitrogen and oxygen atoms in total. The highest BCUT2D eigenvalue weighted by atomic mass is 32.1. The van der Waals surface area contributed by atoms with Crippen molar-refractivity contribution in [1.29, 1.82) is 0 Å². The van der Waals surface area contributed by atoms with E-state index in [1.54, 1.807) is 0 Å². The third kappa shape index (κ3) is 5.56. The second-order valence-corrected chi connectivity index (χ2v) is 15.0. The molecular formula is C51H31N3OS. The minimum atomic E-state index is 0.591. The second kappa shape index (κ2) is 13.3. The van der Waals surface area contributed by atoms with Gasteiger partial charge in [0.1, 0.15) is 11.2 Å². The molecule has 0 radical (unpaired) electrons. The minimum absolute atomic E-state index is 0.591. The van der Waals surface area contributed by atoms with Crippen molar-refractivity contribution >= 4 is 53.4 Å². The van der Waals surface area contributed by atoms with E-state index in [2.05, 4.69) is 152 Å². The summed E-state index contributed by atoms with van der Waals surface area (Å²) >= 11 is 1.86. The highest BCUT2D eigenvalue weighted by Crippen LogP contribution is 2.45. The molecule has 0 spiro atoms. The molecule has 0 N–H and O–H groups in total. The predicted molar refractivity (Wildman–Crippen MR) is 233 cm³/mol. The number of rotatable bonds is 6. The van der Waals surface area contributed by atoms with Gasteiger partial charge in [-0.2, -0.15) is 0 Å². The van der Waals surface area contributed by atoms with Gasteiger partial charge in [-0.1, -0.05) is 158 Å². The zero-order valence-corrected chi connectivity index (χ0v) is 30.9. The van der Waals surface area contributed by atoms with Crippen LogP contribution in [0.4, 0.5) is 0 Å². The number of thiophene rings is 1. The lowest BCUT2D eigenvalue weighted by Gasteiger charge is -2.12. The molecule has 3 heterocycles. The summed E-state index contributed by atoms with van der Waals surface area (Å²) in [7, 11) is 0. The third-order valence-corrected chi connectivity index (χ3v) is 11.8. The molecule has 0 bridgehead atoms. The van der Waals surface area contributed by atoms with E-state index >= 15 is 0 Å². The van der Waals surface area contributed by atoms with Gasteiger partial charge in [-0.3, -0.25) is 0 Å². The Morgan fingerprint density at radius 2 is 0.804 bits per heavy atom. The molecule has 0 saturated heterocycles. The number of aromatic nitrogens is 3. The van der Waals surface area contributed by atoms with Gasteiger partial charge in [-0.25, -0.2) is 15.0 Å². The molecule has 0 fully saturated rings. The number of furan rings is 1. The molecule has 0 aliphatic carbocycles. The lowest BCUT2D eigenvalue weighted by molar-refractivity contribution is 0.669. The first-order valence-electron chi connectivity index (χ1n) is 18.7. The molecule has 5 heteroatoms. The fourth-order valence-corrected chi connectivity index (χ4v) is 9.07. The minimum Gasteiger partial charge on any atom is -0.456 e. The Bertz CT molecular complexity index is 3230. The molecule has 0 aliphatic heterocycles. The van der Waals surface area contributed by atoms with Gasteiger partial charge < -0.3 is 4.42 Å². The largest absolute Gasteiger partial charge is 0.456 e. The van der Waals surface area contributed by atoms with E-state index < -0.39 is 0 Å².